The number of alkyl halides is 3. The van der Waals surface area contributed by atoms with Crippen LogP contribution in [-0.2, 0) is 9.47 Å². The van der Waals surface area contributed by atoms with E-state index < -0.39 is 12.8 Å². The van der Waals surface area contributed by atoms with Gasteiger partial charge in [-0.05, 0) is 19.4 Å². The number of ether oxygens (including phenoxy) is 2. The molecule has 3 nitrogen and oxygen atoms in total. The Labute approximate surface area is 80.6 Å². The summed E-state index contributed by atoms with van der Waals surface area (Å²) in [5, 5.41) is 3.16. The first-order valence-corrected chi connectivity index (χ1v) is 4.53. The van der Waals surface area contributed by atoms with Crippen LogP contribution in [0, 0.1) is 0 Å². The van der Waals surface area contributed by atoms with Crippen LogP contribution in [0.5, 0.6) is 0 Å². The molecule has 1 heterocycles. The minimum Gasteiger partial charge on any atom is -0.354 e. The molecule has 1 aliphatic heterocycles. The summed E-state index contributed by atoms with van der Waals surface area (Å²) in [6.07, 6.45) is -2.16. The fraction of sp³-hybridized carbons (Fsp3) is 1.00. The molecule has 1 unspecified atom stereocenters. The highest BCUT2D eigenvalue weighted by molar-refractivity contribution is 4.72. The number of hydrogen-bond acceptors (Lipinski definition) is 3. The van der Waals surface area contributed by atoms with Gasteiger partial charge in [-0.25, -0.2) is 0 Å². The van der Waals surface area contributed by atoms with Crippen LogP contribution < -0.4 is 5.32 Å². The van der Waals surface area contributed by atoms with Crippen molar-refractivity contribution in [3.63, 3.8) is 0 Å². The summed E-state index contributed by atoms with van der Waals surface area (Å²) in [5.74, 6) is 0. The van der Waals surface area contributed by atoms with Gasteiger partial charge < -0.3 is 14.8 Å². The van der Waals surface area contributed by atoms with E-state index in [1.165, 1.54) is 0 Å². The molecule has 1 fully saturated rings. The maximum absolute atomic E-state index is 11.6. The predicted octanol–water partition coefficient (Wildman–Crippen LogP) is 1.29. The summed E-state index contributed by atoms with van der Waals surface area (Å²) >= 11 is 0. The average Bonchev–Trinajstić information content (AvgIpc) is 2.54. The van der Waals surface area contributed by atoms with Gasteiger partial charge in [0, 0.05) is 6.04 Å². The van der Waals surface area contributed by atoms with E-state index in [1.54, 1.807) is 0 Å². The van der Waals surface area contributed by atoms with E-state index >= 15 is 0 Å². The Morgan fingerprint density at radius 3 is 2.64 bits per heavy atom. The maximum atomic E-state index is 11.6. The van der Waals surface area contributed by atoms with Gasteiger partial charge in [0.1, 0.15) is 13.4 Å². The Hall–Kier alpha value is -0.330. The summed E-state index contributed by atoms with van der Waals surface area (Å²) in [6.45, 7) is -0.169. The summed E-state index contributed by atoms with van der Waals surface area (Å²) < 4.78 is 44.0. The third-order valence-electron chi connectivity index (χ3n) is 1.91. The zero-order valence-corrected chi connectivity index (χ0v) is 7.77. The van der Waals surface area contributed by atoms with Gasteiger partial charge in [0.2, 0.25) is 0 Å². The quantitative estimate of drug-likeness (QED) is 0.551. The van der Waals surface area contributed by atoms with E-state index in [2.05, 4.69) is 10.1 Å². The highest BCUT2D eigenvalue weighted by Gasteiger charge is 2.27. The lowest BCUT2D eigenvalue weighted by Gasteiger charge is -2.11. The van der Waals surface area contributed by atoms with Gasteiger partial charge in [0.05, 0.1) is 6.61 Å². The van der Waals surface area contributed by atoms with Crippen LogP contribution in [0.15, 0.2) is 0 Å². The van der Waals surface area contributed by atoms with E-state index in [-0.39, 0.29) is 12.8 Å². The molecule has 6 heteroatoms. The summed E-state index contributed by atoms with van der Waals surface area (Å²) in [4.78, 5) is 0. The molecule has 1 aliphatic rings. The summed E-state index contributed by atoms with van der Waals surface area (Å²) in [5.41, 5.74) is 0. The third kappa shape index (κ3) is 5.41. The van der Waals surface area contributed by atoms with Crippen LogP contribution in [0.25, 0.3) is 0 Å². The van der Waals surface area contributed by atoms with E-state index in [1.807, 2.05) is 0 Å². The highest BCUT2D eigenvalue weighted by atomic mass is 19.4. The molecule has 1 rings (SSSR count). The van der Waals surface area contributed by atoms with E-state index in [9.17, 15) is 13.2 Å². The smallest absolute Gasteiger partial charge is 0.354 e. The largest absolute Gasteiger partial charge is 0.411 e. The van der Waals surface area contributed by atoms with Crippen LogP contribution in [0.1, 0.15) is 12.8 Å². The van der Waals surface area contributed by atoms with Crippen LogP contribution in [-0.4, -0.2) is 38.8 Å². The molecule has 1 atom stereocenters. The van der Waals surface area contributed by atoms with Crippen LogP contribution in [0.3, 0.4) is 0 Å². The van der Waals surface area contributed by atoms with E-state index in [4.69, 9.17) is 4.74 Å². The van der Waals surface area contributed by atoms with Crippen molar-refractivity contribution in [1.29, 1.82) is 0 Å². The Bertz CT molecular complexity index is 157. The van der Waals surface area contributed by atoms with Gasteiger partial charge in [-0.1, -0.05) is 0 Å². The van der Waals surface area contributed by atoms with E-state index in [0.717, 1.165) is 19.4 Å². The lowest BCUT2D eigenvalue weighted by Crippen LogP contribution is -2.27. The normalized spacial score (nSPS) is 22.9. The second-order valence-electron chi connectivity index (χ2n) is 3.25. The van der Waals surface area contributed by atoms with Crippen molar-refractivity contribution in [2.75, 3.05) is 26.6 Å². The van der Waals surface area contributed by atoms with Gasteiger partial charge in [-0.3, -0.25) is 0 Å². The highest BCUT2D eigenvalue weighted by Crippen LogP contribution is 2.14. The van der Waals surface area contributed by atoms with Crippen molar-refractivity contribution in [2.45, 2.75) is 25.1 Å². The third-order valence-corrected chi connectivity index (χ3v) is 1.91. The van der Waals surface area contributed by atoms with E-state index in [0.29, 0.717) is 6.61 Å². The van der Waals surface area contributed by atoms with Gasteiger partial charge in [0.15, 0.2) is 0 Å². The maximum Gasteiger partial charge on any atom is 0.411 e. The molecule has 0 radical (unpaired) electrons. The molecule has 0 amide bonds. The average molecular weight is 213 g/mol. The molecule has 0 spiro atoms. The SMILES string of the molecule is FC(F)(F)COCOCC1CCCN1. The van der Waals surface area contributed by atoms with Crippen molar-refractivity contribution in [3.8, 4) is 0 Å². The zero-order valence-electron chi connectivity index (χ0n) is 7.77. The molecule has 0 bridgehead atoms. The van der Waals surface area contributed by atoms with Gasteiger partial charge in [0.25, 0.3) is 0 Å². The molecular formula is C8H14F3NO2. The molecule has 1 saturated heterocycles. The fourth-order valence-electron chi connectivity index (χ4n) is 1.31. The van der Waals surface area contributed by atoms with Crippen molar-refractivity contribution in [3.05, 3.63) is 0 Å². The molecule has 0 aliphatic carbocycles. The predicted molar refractivity (Wildman–Crippen MR) is 43.9 cm³/mol. The Morgan fingerprint density at radius 2 is 2.07 bits per heavy atom. The Balaban J connectivity index is 1.89. The van der Waals surface area contributed by atoms with Gasteiger partial charge in [-0.15, -0.1) is 0 Å². The van der Waals surface area contributed by atoms with Crippen LogP contribution >= 0.6 is 0 Å². The Morgan fingerprint density at radius 1 is 1.29 bits per heavy atom. The number of rotatable bonds is 5. The molecule has 84 valence electrons. The molecule has 0 aromatic rings. The monoisotopic (exact) mass is 213 g/mol. The molecule has 1 N–H and O–H groups in total. The van der Waals surface area contributed by atoms with Crippen molar-refractivity contribution in [2.24, 2.45) is 0 Å². The first kappa shape index (κ1) is 11.7. The lowest BCUT2D eigenvalue weighted by molar-refractivity contribution is -0.197. The fourth-order valence-corrected chi connectivity index (χ4v) is 1.31. The topological polar surface area (TPSA) is 30.5 Å². The van der Waals surface area contributed by atoms with Gasteiger partial charge >= 0.3 is 6.18 Å². The summed E-state index contributed by atoms with van der Waals surface area (Å²) in [6, 6.07) is 0.268. The Kier molecular flexibility index (Phi) is 4.64. The summed E-state index contributed by atoms with van der Waals surface area (Å²) in [7, 11) is 0. The minimum atomic E-state index is -4.27. The van der Waals surface area contributed by atoms with Gasteiger partial charge in [-0.2, -0.15) is 13.2 Å². The molecule has 0 aromatic heterocycles. The number of nitrogens with one attached hydrogen (secondary N) is 1. The van der Waals surface area contributed by atoms with Crippen LogP contribution in [0.2, 0.25) is 0 Å². The second kappa shape index (κ2) is 5.53. The second-order valence-corrected chi connectivity index (χ2v) is 3.25. The lowest BCUT2D eigenvalue weighted by atomic mass is 10.2. The molecule has 0 aromatic carbocycles. The standard InChI is InChI=1S/C8H14F3NO2/c9-8(10,11)5-14-6-13-4-7-2-1-3-12-7/h7,12H,1-6H2. The molecule has 14 heavy (non-hydrogen) atoms. The van der Waals surface area contributed by atoms with Crippen molar-refractivity contribution < 1.29 is 22.6 Å². The number of halogens is 3. The van der Waals surface area contributed by atoms with Crippen molar-refractivity contribution >= 4 is 0 Å². The molecule has 0 saturated carbocycles. The first-order valence-electron chi connectivity index (χ1n) is 4.53. The zero-order chi connectivity index (χ0) is 10.4. The molecular weight excluding hydrogens is 199 g/mol. The van der Waals surface area contributed by atoms with Crippen LogP contribution in [0.4, 0.5) is 13.2 Å². The van der Waals surface area contributed by atoms with Crippen molar-refractivity contribution in [1.82, 2.24) is 5.32 Å². The minimum absolute atomic E-state index is 0.268. The first-order chi connectivity index (χ1) is 6.58. The number of hydrogen-bond donors (Lipinski definition) is 1.